The predicted octanol–water partition coefficient (Wildman–Crippen LogP) is 4.39. The van der Waals surface area contributed by atoms with Crippen LogP contribution in [0.15, 0.2) is 12.1 Å². The van der Waals surface area contributed by atoms with Gasteiger partial charge in [-0.2, -0.15) is 0 Å². The van der Waals surface area contributed by atoms with E-state index in [1.807, 2.05) is 6.07 Å². The van der Waals surface area contributed by atoms with E-state index in [9.17, 15) is 0 Å². The lowest BCUT2D eigenvalue weighted by molar-refractivity contribution is 0.0451. The topological polar surface area (TPSA) is 15.3 Å². The molecule has 0 saturated carbocycles. The molecule has 1 fully saturated rings. The number of piperazine rings is 1. The zero-order chi connectivity index (χ0) is 14.8. The highest BCUT2D eigenvalue weighted by molar-refractivity contribution is 7.16. The first-order chi connectivity index (χ1) is 9.49. The van der Waals surface area contributed by atoms with E-state index in [4.69, 9.17) is 11.6 Å². The number of halogens is 1. The Hall–Kier alpha value is -0.0900. The molecule has 0 spiro atoms. The number of thiophene rings is 1. The van der Waals surface area contributed by atoms with Gasteiger partial charge >= 0.3 is 0 Å². The minimum atomic E-state index is 0.284. The zero-order valence-corrected chi connectivity index (χ0v) is 14.7. The molecule has 0 aromatic carbocycles. The van der Waals surface area contributed by atoms with Gasteiger partial charge in [-0.25, -0.2) is 0 Å². The molecule has 2 heterocycles. The zero-order valence-electron chi connectivity index (χ0n) is 13.1. The molecular weight excluding hydrogens is 288 g/mol. The van der Waals surface area contributed by atoms with Crippen LogP contribution in [0.1, 0.15) is 45.4 Å². The molecule has 0 bridgehead atoms. The summed E-state index contributed by atoms with van der Waals surface area (Å²) >= 11 is 7.79. The smallest absolute Gasteiger partial charge is 0.0931 e. The number of rotatable bonds is 5. The molecular formula is C16H27ClN2S. The van der Waals surface area contributed by atoms with Crippen molar-refractivity contribution in [1.82, 2.24) is 10.2 Å². The van der Waals surface area contributed by atoms with Crippen LogP contribution in [-0.2, 0) is 6.54 Å². The van der Waals surface area contributed by atoms with Crippen LogP contribution < -0.4 is 5.32 Å². The summed E-state index contributed by atoms with van der Waals surface area (Å²) in [7, 11) is 0. The van der Waals surface area contributed by atoms with Crippen LogP contribution in [0.4, 0.5) is 0 Å². The molecule has 0 amide bonds. The van der Waals surface area contributed by atoms with Gasteiger partial charge in [-0.15, -0.1) is 11.3 Å². The van der Waals surface area contributed by atoms with Crippen LogP contribution in [0, 0.1) is 5.92 Å². The Labute approximate surface area is 132 Å². The number of hydrogen-bond donors (Lipinski definition) is 1. The van der Waals surface area contributed by atoms with Gasteiger partial charge in [0.15, 0.2) is 0 Å². The third-order valence-electron chi connectivity index (χ3n) is 4.77. The van der Waals surface area contributed by atoms with Crippen LogP contribution in [0.2, 0.25) is 4.34 Å². The van der Waals surface area contributed by atoms with E-state index in [0.29, 0.717) is 12.0 Å². The summed E-state index contributed by atoms with van der Waals surface area (Å²) in [6.07, 6.45) is 2.38. The molecule has 2 rings (SSSR count). The van der Waals surface area contributed by atoms with Gasteiger partial charge < -0.3 is 5.32 Å². The number of nitrogens with one attached hydrogen (secondary N) is 1. The molecule has 1 unspecified atom stereocenters. The maximum atomic E-state index is 6.08. The third kappa shape index (κ3) is 3.56. The van der Waals surface area contributed by atoms with Crippen molar-refractivity contribution in [2.75, 3.05) is 13.1 Å². The second kappa shape index (κ2) is 6.78. The van der Waals surface area contributed by atoms with Gasteiger partial charge in [0, 0.05) is 36.1 Å². The summed E-state index contributed by atoms with van der Waals surface area (Å²) in [6.45, 7) is 12.5. The molecule has 114 valence electrons. The summed E-state index contributed by atoms with van der Waals surface area (Å²) in [6, 6.07) is 4.80. The predicted molar refractivity (Wildman–Crippen MR) is 89.7 cm³/mol. The van der Waals surface area contributed by atoms with E-state index in [1.165, 1.54) is 17.7 Å². The molecule has 1 aromatic heterocycles. The summed E-state index contributed by atoms with van der Waals surface area (Å²) in [5.74, 6) is 0.671. The van der Waals surface area contributed by atoms with E-state index < -0.39 is 0 Å². The third-order valence-corrected chi connectivity index (χ3v) is 5.99. The molecule has 2 nitrogen and oxygen atoms in total. The van der Waals surface area contributed by atoms with E-state index in [0.717, 1.165) is 24.0 Å². The van der Waals surface area contributed by atoms with Gasteiger partial charge in [-0.1, -0.05) is 39.3 Å². The SMILES string of the molecule is CCC1(CC)CN(Cc2ccc(Cl)s2)C(C(C)C)CN1. The first-order valence-corrected chi connectivity index (χ1v) is 8.92. The van der Waals surface area contributed by atoms with Crippen molar-refractivity contribution in [3.63, 3.8) is 0 Å². The molecule has 1 saturated heterocycles. The van der Waals surface area contributed by atoms with Crippen molar-refractivity contribution in [2.45, 2.75) is 58.7 Å². The highest BCUT2D eigenvalue weighted by Gasteiger charge is 2.37. The quantitative estimate of drug-likeness (QED) is 0.867. The first kappa shape index (κ1) is 16.3. The van der Waals surface area contributed by atoms with Crippen molar-refractivity contribution in [2.24, 2.45) is 5.92 Å². The normalized spacial score (nSPS) is 23.4. The van der Waals surface area contributed by atoms with E-state index in [-0.39, 0.29) is 5.54 Å². The van der Waals surface area contributed by atoms with Gasteiger partial charge in [0.05, 0.1) is 4.34 Å². The largest absolute Gasteiger partial charge is 0.308 e. The van der Waals surface area contributed by atoms with E-state index in [2.05, 4.69) is 44.0 Å². The lowest BCUT2D eigenvalue weighted by Gasteiger charge is -2.48. The van der Waals surface area contributed by atoms with Crippen molar-refractivity contribution >= 4 is 22.9 Å². The number of nitrogens with zero attached hydrogens (tertiary/aromatic N) is 1. The van der Waals surface area contributed by atoms with Crippen LogP contribution in [-0.4, -0.2) is 29.6 Å². The van der Waals surface area contributed by atoms with Gasteiger partial charge in [0.1, 0.15) is 0 Å². The van der Waals surface area contributed by atoms with Gasteiger partial charge in [0.2, 0.25) is 0 Å². The Morgan fingerprint density at radius 3 is 2.60 bits per heavy atom. The minimum Gasteiger partial charge on any atom is -0.308 e. The monoisotopic (exact) mass is 314 g/mol. The molecule has 4 heteroatoms. The molecule has 1 N–H and O–H groups in total. The summed E-state index contributed by atoms with van der Waals surface area (Å²) in [5.41, 5.74) is 0.284. The maximum Gasteiger partial charge on any atom is 0.0931 e. The fourth-order valence-corrected chi connectivity index (χ4v) is 4.32. The fraction of sp³-hybridized carbons (Fsp3) is 0.750. The van der Waals surface area contributed by atoms with Crippen molar-refractivity contribution < 1.29 is 0 Å². The summed E-state index contributed by atoms with van der Waals surface area (Å²) in [4.78, 5) is 4.04. The molecule has 0 radical (unpaired) electrons. The number of hydrogen-bond acceptors (Lipinski definition) is 3. The molecule has 1 atom stereocenters. The molecule has 20 heavy (non-hydrogen) atoms. The van der Waals surface area contributed by atoms with Crippen LogP contribution in [0.3, 0.4) is 0 Å². The van der Waals surface area contributed by atoms with Crippen molar-refractivity contribution in [1.29, 1.82) is 0 Å². The van der Waals surface area contributed by atoms with Crippen molar-refractivity contribution in [3.05, 3.63) is 21.3 Å². The molecule has 0 aliphatic carbocycles. The Bertz CT molecular complexity index is 426. The second-order valence-electron chi connectivity index (χ2n) is 6.29. The molecule has 1 aromatic rings. The summed E-state index contributed by atoms with van der Waals surface area (Å²) < 4.78 is 0.897. The Morgan fingerprint density at radius 1 is 1.40 bits per heavy atom. The van der Waals surface area contributed by atoms with Gasteiger partial charge in [0.25, 0.3) is 0 Å². The summed E-state index contributed by atoms with van der Waals surface area (Å²) in [5, 5.41) is 3.82. The van der Waals surface area contributed by atoms with Crippen LogP contribution in [0.25, 0.3) is 0 Å². The van der Waals surface area contributed by atoms with E-state index in [1.54, 1.807) is 11.3 Å². The van der Waals surface area contributed by atoms with E-state index >= 15 is 0 Å². The lowest BCUT2D eigenvalue weighted by atomic mass is 9.86. The fourth-order valence-electron chi connectivity index (χ4n) is 3.20. The van der Waals surface area contributed by atoms with Crippen molar-refractivity contribution in [3.8, 4) is 0 Å². The Morgan fingerprint density at radius 2 is 2.10 bits per heavy atom. The first-order valence-electron chi connectivity index (χ1n) is 7.73. The second-order valence-corrected chi connectivity index (χ2v) is 8.09. The average Bonchev–Trinajstić information content (AvgIpc) is 2.83. The average molecular weight is 315 g/mol. The van der Waals surface area contributed by atoms with Gasteiger partial charge in [-0.3, -0.25) is 4.90 Å². The Kier molecular flexibility index (Phi) is 5.52. The van der Waals surface area contributed by atoms with Crippen LogP contribution >= 0.6 is 22.9 Å². The maximum absolute atomic E-state index is 6.08. The van der Waals surface area contributed by atoms with Gasteiger partial charge in [-0.05, 0) is 30.9 Å². The molecule has 1 aliphatic rings. The molecule has 1 aliphatic heterocycles. The highest BCUT2D eigenvalue weighted by Crippen LogP contribution is 2.29. The standard InChI is InChI=1S/C16H27ClN2S/c1-5-16(6-2)11-19(14(9-18-16)12(3)4)10-13-7-8-15(17)20-13/h7-8,12,14,18H,5-6,9-11H2,1-4H3. The Balaban J connectivity index is 2.14. The lowest BCUT2D eigenvalue weighted by Crippen LogP contribution is -2.64. The van der Waals surface area contributed by atoms with Crippen LogP contribution in [0.5, 0.6) is 0 Å². The minimum absolute atomic E-state index is 0.284. The highest BCUT2D eigenvalue weighted by atomic mass is 35.5.